The first-order valence-electron chi connectivity index (χ1n) is 7.02. The number of benzene rings is 1. The maximum atomic E-state index is 12.8. The Hall–Kier alpha value is -1.64. The van der Waals surface area contributed by atoms with Crippen molar-refractivity contribution in [3.63, 3.8) is 0 Å². The first-order valence-corrected chi connectivity index (χ1v) is 7.02. The third kappa shape index (κ3) is 3.22. The number of primary amides is 1. The molecule has 19 heavy (non-hydrogen) atoms. The fraction of sp³-hybridized carbons (Fsp3) is 0.500. The summed E-state index contributed by atoms with van der Waals surface area (Å²) in [5.74, 6) is -0.125. The Morgan fingerprint density at radius 3 is 2.26 bits per heavy atom. The number of hydrogen-bond acceptors (Lipinski definition) is 2. The van der Waals surface area contributed by atoms with Gasteiger partial charge in [-0.05, 0) is 19.3 Å². The number of amides is 1. The summed E-state index contributed by atoms with van der Waals surface area (Å²) in [6, 6.07) is 9.41. The van der Waals surface area contributed by atoms with Crippen LogP contribution in [0.1, 0.15) is 55.3 Å². The minimum atomic E-state index is -0.366. The highest BCUT2D eigenvalue weighted by Gasteiger charge is 2.39. The van der Waals surface area contributed by atoms with E-state index in [1.54, 1.807) is 0 Å². The van der Waals surface area contributed by atoms with Crippen LogP contribution in [0.25, 0.3) is 0 Å². The number of carbonyl (C=O) groups is 2. The molecule has 1 fully saturated rings. The normalized spacial score (nSPS) is 17.9. The molecule has 1 aliphatic carbocycles. The summed E-state index contributed by atoms with van der Waals surface area (Å²) in [5.41, 5.74) is 5.65. The van der Waals surface area contributed by atoms with Crippen LogP contribution in [-0.4, -0.2) is 11.7 Å². The van der Waals surface area contributed by atoms with Crippen molar-refractivity contribution in [2.24, 2.45) is 11.1 Å². The summed E-state index contributed by atoms with van der Waals surface area (Å²) in [6.07, 6.45) is 5.98. The van der Waals surface area contributed by atoms with Gasteiger partial charge in [-0.3, -0.25) is 9.59 Å². The van der Waals surface area contributed by atoms with Gasteiger partial charge in [-0.15, -0.1) is 0 Å². The van der Waals surface area contributed by atoms with Crippen molar-refractivity contribution in [3.05, 3.63) is 35.9 Å². The third-order valence-electron chi connectivity index (χ3n) is 4.18. The van der Waals surface area contributed by atoms with Gasteiger partial charge in [-0.25, -0.2) is 0 Å². The molecular formula is C16H21NO2. The second-order valence-electron chi connectivity index (χ2n) is 5.50. The van der Waals surface area contributed by atoms with Gasteiger partial charge in [0.2, 0.25) is 5.91 Å². The highest BCUT2D eigenvalue weighted by Crippen LogP contribution is 2.42. The number of nitrogens with two attached hydrogens (primary N) is 1. The number of ketones is 1. The molecule has 1 aromatic rings. The predicted octanol–water partition coefficient (Wildman–Crippen LogP) is 3.09. The van der Waals surface area contributed by atoms with Crippen LogP contribution in [0.3, 0.4) is 0 Å². The minimum absolute atomic E-state index is 0.189. The zero-order valence-corrected chi connectivity index (χ0v) is 11.2. The molecule has 102 valence electrons. The maximum Gasteiger partial charge on any atom is 0.217 e. The summed E-state index contributed by atoms with van der Waals surface area (Å²) in [5, 5.41) is 0. The van der Waals surface area contributed by atoms with Crippen LogP contribution >= 0.6 is 0 Å². The van der Waals surface area contributed by atoms with Crippen molar-refractivity contribution < 1.29 is 9.59 Å². The zero-order chi connectivity index (χ0) is 13.7. The average molecular weight is 259 g/mol. The molecule has 0 aromatic heterocycles. The SMILES string of the molecule is NC(=O)CCC1(C(=O)c2ccccc2)CCCCC1. The molecular weight excluding hydrogens is 238 g/mol. The molecule has 3 nitrogen and oxygen atoms in total. The van der Waals surface area contributed by atoms with Crippen LogP contribution in [-0.2, 0) is 4.79 Å². The first-order chi connectivity index (χ1) is 9.14. The predicted molar refractivity (Wildman–Crippen MR) is 74.7 cm³/mol. The Balaban J connectivity index is 2.21. The molecule has 1 saturated carbocycles. The van der Waals surface area contributed by atoms with Gasteiger partial charge in [-0.1, -0.05) is 49.6 Å². The number of Topliss-reactive ketones (excluding diaryl/α,β-unsaturated/α-hetero) is 1. The van der Waals surface area contributed by atoms with E-state index in [0.717, 1.165) is 31.2 Å². The van der Waals surface area contributed by atoms with E-state index in [1.165, 1.54) is 6.42 Å². The van der Waals surface area contributed by atoms with Gasteiger partial charge in [0.25, 0.3) is 0 Å². The highest BCUT2D eigenvalue weighted by molar-refractivity contribution is 6.00. The van der Waals surface area contributed by atoms with E-state index in [9.17, 15) is 9.59 Å². The van der Waals surface area contributed by atoms with Crippen molar-refractivity contribution in [1.29, 1.82) is 0 Å². The second kappa shape index (κ2) is 6.00. The molecule has 0 atom stereocenters. The Bertz CT molecular complexity index is 447. The van der Waals surface area contributed by atoms with E-state index in [4.69, 9.17) is 5.73 Å². The van der Waals surface area contributed by atoms with E-state index in [-0.39, 0.29) is 17.1 Å². The Kier molecular flexibility index (Phi) is 4.35. The maximum absolute atomic E-state index is 12.8. The molecule has 0 heterocycles. The van der Waals surface area contributed by atoms with Crippen molar-refractivity contribution in [2.75, 3.05) is 0 Å². The molecule has 0 spiro atoms. The van der Waals surface area contributed by atoms with E-state index in [1.807, 2.05) is 30.3 Å². The Labute approximate surface area is 114 Å². The fourth-order valence-electron chi connectivity index (χ4n) is 3.08. The van der Waals surface area contributed by atoms with Gasteiger partial charge in [0, 0.05) is 17.4 Å². The monoisotopic (exact) mass is 259 g/mol. The third-order valence-corrected chi connectivity index (χ3v) is 4.18. The first kappa shape index (κ1) is 13.8. The Morgan fingerprint density at radius 1 is 1.05 bits per heavy atom. The van der Waals surface area contributed by atoms with E-state index in [0.29, 0.717) is 12.8 Å². The lowest BCUT2D eigenvalue weighted by Crippen LogP contribution is -2.34. The van der Waals surface area contributed by atoms with E-state index >= 15 is 0 Å². The largest absolute Gasteiger partial charge is 0.370 e. The van der Waals surface area contributed by atoms with Crippen molar-refractivity contribution >= 4 is 11.7 Å². The summed E-state index contributed by atoms with van der Waals surface area (Å²) in [7, 11) is 0. The van der Waals surface area contributed by atoms with Crippen molar-refractivity contribution in [3.8, 4) is 0 Å². The smallest absolute Gasteiger partial charge is 0.217 e. The average Bonchev–Trinajstić information content (AvgIpc) is 2.46. The number of hydrogen-bond donors (Lipinski definition) is 1. The molecule has 0 saturated heterocycles. The lowest BCUT2D eigenvalue weighted by Gasteiger charge is -2.35. The van der Waals surface area contributed by atoms with Gasteiger partial charge in [0.05, 0.1) is 0 Å². The zero-order valence-electron chi connectivity index (χ0n) is 11.2. The topological polar surface area (TPSA) is 60.2 Å². The van der Waals surface area contributed by atoms with E-state index in [2.05, 4.69) is 0 Å². The van der Waals surface area contributed by atoms with Gasteiger partial charge in [-0.2, -0.15) is 0 Å². The van der Waals surface area contributed by atoms with Crippen LogP contribution in [0.15, 0.2) is 30.3 Å². The van der Waals surface area contributed by atoms with Crippen LogP contribution in [0.5, 0.6) is 0 Å². The van der Waals surface area contributed by atoms with E-state index < -0.39 is 0 Å². The molecule has 2 rings (SSSR count). The van der Waals surface area contributed by atoms with Crippen LogP contribution in [0, 0.1) is 5.41 Å². The summed E-state index contributed by atoms with van der Waals surface area (Å²) < 4.78 is 0. The molecule has 0 bridgehead atoms. The molecule has 0 radical (unpaired) electrons. The minimum Gasteiger partial charge on any atom is -0.370 e. The molecule has 1 aromatic carbocycles. The molecule has 0 aliphatic heterocycles. The second-order valence-corrected chi connectivity index (χ2v) is 5.50. The highest BCUT2D eigenvalue weighted by atomic mass is 16.1. The van der Waals surface area contributed by atoms with Gasteiger partial charge < -0.3 is 5.73 Å². The lowest BCUT2D eigenvalue weighted by atomic mass is 9.67. The molecule has 1 amide bonds. The number of carbonyl (C=O) groups excluding carboxylic acids is 2. The van der Waals surface area contributed by atoms with Crippen LogP contribution in [0.4, 0.5) is 0 Å². The summed E-state index contributed by atoms with van der Waals surface area (Å²) in [4.78, 5) is 23.8. The summed E-state index contributed by atoms with van der Waals surface area (Å²) in [6.45, 7) is 0. The van der Waals surface area contributed by atoms with Gasteiger partial charge in [0.15, 0.2) is 5.78 Å². The lowest BCUT2D eigenvalue weighted by molar-refractivity contribution is -0.118. The van der Waals surface area contributed by atoms with Crippen LogP contribution < -0.4 is 5.73 Å². The molecule has 0 unspecified atom stereocenters. The van der Waals surface area contributed by atoms with Crippen LogP contribution in [0.2, 0.25) is 0 Å². The molecule has 1 aliphatic rings. The van der Waals surface area contributed by atoms with Crippen molar-refractivity contribution in [2.45, 2.75) is 44.9 Å². The van der Waals surface area contributed by atoms with Gasteiger partial charge in [0.1, 0.15) is 0 Å². The summed E-state index contributed by atoms with van der Waals surface area (Å²) >= 11 is 0. The Morgan fingerprint density at radius 2 is 1.68 bits per heavy atom. The molecule has 3 heteroatoms. The number of rotatable bonds is 5. The quantitative estimate of drug-likeness (QED) is 0.826. The standard InChI is InChI=1S/C16H21NO2/c17-14(18)9-12-16(10-5-2-6-11-16)15(19)13-7-3-1-4-8-13/h1,3-4,7-8H,2,5-6,9-12H2,(H2,17,18). The molecule has 2 N–H and O–H groups in total. The fourth-order valence-corrected chi connectivity index (χ4v) is 3.08. The van der Waals surface area contributed by atoms with Gasteiger partial charge >= 0.3 is 0 Å². The van der Waals surface area contributed by atoms with Crippen molar-refractivity contribution in [1.82, 2.24) is 0 Å².